The van der Waals surface area contributed by atoms with Crippen molar-refractivity contribution in [2.24, 2.45) is 17.8 Å². The van der Waals surface area contributed by atoms with Crippen molar-refractivity contribution in [1.82, 2.24) is 4.98 Å². The molecule has 1 aromatic heterocycles. The van der Waals surface area contributed by atoms with E-state index in [1.54, 1.807) is 6.92 Å². The first kappa shape index (κ1) is 21.7. The van der Waals surface area contributed by atoms with Gasteiger partial charge in [-0.3, -0.25) is 19.7 Å². The van der Waals surface area contributed by atoms with Gasteiger partial charge in [-0.05, 0) is 44.6 Å². The zero-order valence-corrected chi connectivity index (χ0v) is 18.7. The molecule has 2 aliphatic carbocycles. The third kappa shape index (κ3) is 4.87. The Morgan fingerprint density at radius 2 is 1.87 bits per heavy atom. The van der Waals surface area contributed by atoms with Crippen LogP contribution in [0.4, 0.5) is 5.13 Å². The molecule has 2 aliphatic rings. The Labute approximate surface area is 186 Å². The van der Waals surface area contributed by atoms with E-state index in [-0.39, 0.29) is 23.7 Å². The van der Waals surface area contributed by atoms with Gasteiger partial charge in [0, 0.05) is 22.8 Å². The third-order valence-corrected chi connectivity index (χ3v) is 7.19. The molecule has 0 radical (unpaired) electrons. The quantitative estimate of drug-likeness (QED) is 0.662. The lowest BCUT2D eigenvalue weighted by molar-refractivity contribution is -0.161. The van der Waals surface area contributed by atoms with Crippen molar-refractivity contribution in [2.75, 3.05) is 5.32 Å². The maximum atomic E-state index is 12.6. The number of aromatic nitrogens is 1. The van der Waals surface area contributed by atoms with Crippen LogP contribution < -0.4 is 5.32 Å². The summed E-state index contributed by atoms with van der Waals surface area (Å²) >= 11 is 1.34. The highest BCUT2D eigenvalue weighted by Gasteiger charge is 2.42. The number of nitrogens with zero attached hydrogens (tertiary/aromatic N) is 1. The molecular weight excluding hydrogens is 412 g/mol. The van der Waals surface area contributed by atoms with Crippen molar-refractivity contribution in [3.8, 4) is 11.3 Å². The second-order valence-corrected chi connectivity index (χ2v) is 9.41. The number of thiazole rings is 1. The smallest absolute Gasteiger partial charge is 0.309 e. The van der Waals surface area contributed by atoms with Crippen LogP contribution in [0.25, 0.3) is 11.3 Å². The number of nitrogens with one attached hydrogen (secondary N) is 1. The van der Waals surface area contributed by atoms with Crippen molar-refractivity contribution < 1.29 is 19.1 Å². The average molecular weight is 441 g/mol. The number of rotatable bonds is 6. The summed E-state index contributed by atoms with van der Waals surface area (Å²) in [6, 6.07) is 8.19. The number of benzene rings is 1. The minimum absolute atomic E-state index is 0.0192. The molecule has 2 fully saturated rings. The summed E-state index contributed by atoms with van der Waals surface area (Å²) in [5.74, 6) is -0.792. The third-order valence-electron chi connectivity index (χ3n) is 6.44. The van der Waals surface area contributed by atoms with Crippen LogP contribution in [0.1, 0.15) is 51.5 Å². The first-order valence-corrected chi connectivity index (χ1v) is 11.9. The average Bonchev–Trinajstić information content (AvgIpc) is 3.22. The van der Waals surface area contributed by atoms with E-state index in [1.807, 2.05) is 17.5 Å². The largest absolute Gasteiger partial charge is 0.452 e. The van der Waals surface area contributed by atoms with Crippen LogP contribution in [-0.2, 0) is 25.5 Å². The molecule has 6 nitrogen and oxygen atoms in total. The van der Waals surface area contributed by atoms with Crippen molar-refractivity contribution in [1.29, 1.82) is 0 Å². The van der Waals surface area contributed by atoms with Crippen LogP contribution >= 0.6 is 11.3 Å². The van der Waals surface area contributed by atoms with Crippen molar-refractivity contribution >= 4 is 34.1 Å². The molecule has 2 aromatic rings. The molecule has 0 spiro atoms. The first-order chi connectivity index (χ1) is 14.9. The van der Waals surface area contributed by atoms with Crippen LogP contribution in [-0.4, -0.2) is 28.7 Å². The molecule has 1 amide bonds. The number of ketones is 1. The molecular formula is C24H28N2O4S. The number of hydrogen-bond donors (Lipinski definition) is 1. The van der Waals surface area contributed by atoms with E-state index in [2.05, 4.69) is 29.4 Å². The van der Waals surface area contributed by atoms with Gasteiger partial charge in [-0.1, -0.05) is 37.6 Å². The summed E-state index contributed by atoms with van der Waals surface area (Å²) in [6.07, 6.45) is 3.95. The number of esters is 1. The fourth-order valence-corrected chi connectivity index (χ4v) is 5.30. The molecule has 1 N–H and O–H groups in total. The van der Waals surface area contributed by atoms with E-state index in [1.165, 1.54) is 16.9 Å². The van der Waals surface area contributed by atoms with Crippen LogP contribution in [0, 0.1) is 17.8 Å². The van der Waals surface area contributed by atoms with Gasteiger partial charge in [0.05, 0.1) is 11.6 Å². The van der Waals surface area contributed by atoms with Gasteiger partial charge < -0.3 is 4.74 Å². The Bertz CT molecular complexity index is 952. The van der Waals surface area contributed by atoms with Crippen LogP contribution in [0.2, 0.25) is 0 Å². The monoisotopic (exact) mass is 440 g/mol. The molecule has 0 saturated heterocycles. The summed E-state index contributed by atoms with van der Waals surface area (Å²) in [6.45, 7) is 3.68. The second kappa shape index (κ2) is 9.30. The molecule has 3 atom stereocenters. The summed E-state index contributed by atoms with van der Waals surface area (Å²) in [5, 5.41) is 5.11. The van der Waals surface area contributed by atoms with E-state index in [0.29, 0.717) is 23.8 Å². The number of amides is 1. The normalized spacial score (nSPS) is 23.8. The van der Waals surface area contributed by atoms with Gasteiger partial charge in [0.2, 0.25) is 0 Å². The number of Topliss-reactive ketones (excluding diaryl/α,β-unsaturated/α-hetero) is 1. The lowest BCUT2D eigenvalue weighted by Gasteiger charge is -2.36. The number of carbonyl (C=O) groups excluding carboxylic acids is 3. The lowest BCUT2D eigenvalue weighted by atomic mass is 9.67. The maximum absolute atomic E-state index is 12.6. The molecule has 2 saturated carbocycles. The van der Waals surface area contributed by atoms with E-state index >= 15 is 0 Å². The number of aryl methyl sites for hydroxylation is 1. The molecule has 0 unspecified atom stereocenters. The molecule has 2 bridgehead atoms. The van der Waals surface area contributed by atoms with Gasteiger partial charge in [-0.25, -0.2) is 4.98 Å². The van der Waals surface area contributed by atoms with Gasteiger partial charge in [0.25, 0.3) is 5.91 Å². The highest BCUT2D eigenvalue weighted by atomic mass is 32.1. The minimum atomic E-state index is -0.916. The zero-order valence-electron chi connectivity index (χ0n) is 17.9. The number of hydrogen-bond acceptors (Lipinski definition) is 6. The second-order valence-electron chi connectivity index (χ2n) is 8.55. The Morgan fingerprint density at radius 3 is 2.52 bits per heavy atom. The summed E-state index contributed by atoms with van der Waals surface area (Å²) in [5.41, 5.74) is 3.05. The predicted molar refractivity (Wildman–Crippen MR) is 120 cm³/mol. The van der Waals surface area contributed by atoms with Gasteiger partial charge in [0.15, 0.2) is 11.2 Å². The highest BCUT2D eigenvalue weighted by Crippen LogP contribution is 2.40. The standard InChI is InChI=1S/C24H28N2O4S/c1-3-15-7-9-16(10-8-15)20-13-31-24(25-20)26-22(28)14(2)30-23(29)19-11-17-5-4-6-18(12-19)21(17)27/h7-10,13-14,17-19H,3-6,11-12H2,1-2H3,(H,25,26,28)/t14-,17+,18+/m1/s1. The van der Waals surface area contributed by atoms with Crippen LogP contribution in [0.3, 0.4) is 0 Å². The SMILES string of the molecule is CCc1ccc(-c2csc(NC(=O)[C@@H](C)OC(=O)C3C[C@@H]4CCC[C@@H](C3)C4=O)n2)cc1. The van der Waals surface area contributed by atoms with E-state index in [4.69, 9.17) is 4.74 Å². The first-order valence-electron chi connectivity index (χ1n) is 11.0. The number of ether oxygens (including phenoxy) is 1. The molecule has 0 aliphatic heterocycles. The van der Waals surface area contributed by atoms with Gasteiger partial charge in [-0.2, -0.15) is 0 Å². The highest BCUT2D eigenvalue weighted by molar-refractivity contribution is 7.14. The Hall–Kier alpha value is -2.54. The molecule has 31 heavy (non-hydrogen) atoms. The fourth-order valence-electron chi connectivity index (χ4n) is 4.58. The van der Waals surface area contributed by atoms with Gasteiger partial charge in [0.1, 0.15) is 5.78 Å². The summed E-state index contributed by atoms with van der Waals surface area (Å²) in [7, 11) is 0. The van der Waals surface area contributed by atoms with Crippen LogP contribution in [0.15, 0.2) is 29.6 Å². The Balaban J connectivity index is 1.32. The number of fused-ring (bicyclic) bond motifs is 2. The van der Waals surface area contributed by atoms with Gasteiger partial charge in [-0.15, -0.1) is 11.3 Å². The molecule has 164 valence electrons. The molecule has 1 aromatic carbocycles. The van der Waals surface area contributed by atoms with Crippen molar-refractivity contribution in [3.63, 3.8) is 0 Å². The zero-order chi connectivity index (χ0) is 22.0. The topological polar surface area (TPSA) is 85.4 Å². The maximum Gasteiger partial charge on any atom is 0.309 e. The van der Waals surface area contributed by atoms with E-state index in [9.17, 15) is 14.4 Å². The summed E-state index contributed by atoms with van der Waals surface area (Å²) in [4.78, 5) is 41.9. The number of carbonyl (C=O) groups is 3. The number of anilines is 1. The Kier molecular flexibility index (Phi) is 6.51. The summed E-state index contributed by atoms with van der Waals surface area (Å²) < 4.78 is 5.46. The van der Waals surface area contributed by atoms with E-state index in [0.717, 1.165) is 36.9 Å². The fraction of sp³-hybridized carbons (Fsp3) is 0.500. The van der Waals surface area contributed by atoms with E-state index < -0.39 is 12.0 Å². The minimum Gasteiger partial charge on any atom is -0.452 e. The Morgan fingerprint density at radius 1 is 1.19 bits per heavy atom. The van der Waals surface area contributed by atoms with Gasteiger partial charge >= 0.3 is 5.97 Å². The van der Waals surface area contributed by atoms with Crippen molar-refractivity contribution in [3.05, 3.63) is 35.2 Å². The molecule has 4 rings (SSSR count). The molecule has 1 heterocycles. The lowest BCUT2D eigenvalue weighted by Crippen LogP contribution is -2.41. The molecule has 7 heteroatoms. The van der Waals surface area contributed by atoms with Crippen LogP contribution in [0.5, 0.6) is 0 Å². The predicted octanol–water partition coefficient (Wildman–Crippen LogP) is 4.64. The van der Waals surface area contributed by atoms with Crippen molar-refractivity contribution in [2.45, 2.75) is 58.5 Å².